The summed E-state index contributed by atoms with van der Waals surface area (Å²) in [7, 11) is 1.32. The number of nitrogens with two attached hydrogens (primary N) is 1. The van der Waals surface area contributed by atoms with Gasteiger partial charge < -0.3 is 15.8 Å². The third-order valence-corrected chi connectivity index (χ3v) is 3.05. The number of methoxy groups -OCH3 is 1. The molecule has 1 heterocycles. The molecule has 0 aliphatic carbocycles. The number of para-hydroxylation sites is 1. The van der Waals surface area contributed by atoms with Crippen molar-refractivity contribution in [1.82, 2.24) is 4.98 Å². The van der Waals surface area contributed by atoms with E-state index in [-0.39, 0.29) is 5.69 Å². The van der Waals surface area contributed by atoms with Gasteiger partial charge >= 0.3 is 5.97 Å². The summed E-state index contributed by atoms with van der Waals surface area (Å²) in [5.41, 5.74) is 9.69. The van der Waals surface area contributed by atoms with E-state index in [0.29, 0.717) is 11.5 Å². The molecule has 0 amide bonds. The van der Waals surface area contributed by atoms with Gasteiger partial charge in [-0.3, -0.25) is 0 Å². The van der Waals surface area contributed by atoms with Crippen LogP contribution in [0, 0.1) is 13.8 Å². The maximum absolute atomic E-state index is 11.5. The number of aromatic nitrogens is 1. The highest BCUT2D eigenvalue weighted by Gasteiger charge is 2.12. The summed E-state index contributed by atoms with van der Waals surface area (Å²) in [6, 6.07) is 9.15. The topological polar surface area (TPSA) is 77.2 Å². The number of carbonyl (C=O) groups excluding carboxylic acids is 1. The molecule has 0 saturated carbocycles. The number of esters is 1. The van der Waals surface area contributed by atoms with E-state index in [1.54, 1.807) is 6.07 Å². The number of anilines is 3. The summed E-state index contributed by atoms with van der Waals surface area (Å²) in [4.78, 5) is 15.7. The van der Waals surface area contributed by atoms with Crippen molar-refractivity contribution in [2.24, 2.45) is 0 Å². The Kier molecular flexibility index (Phi) is 3.89. The Bertz CT molecular complexity index is 633. The zero-order valence-electron chi connectivity index (χ0n) is 11.7. The van der Waals surface area contributed by atoms with E-state index in [0.717, 1.165) is 16.8 Å². The Balaban J connectivity index is 2.40. The number of carbonyl (C=O) groups is 1. The van der Waals surface area contributed by atoms with Crippen LogP contribution in [0.3, 0.4) is 0 Å². The van der Waals surface area contributed by atoms with Crippen molar-refractivity contribution in [2.75, 3.05) is 18.2 Å². The van der Waals surface area contributed by atoms with E-state index in [4.69, 9.17) is 5.73 Å². The Morgan fingerprint density at radius 3 is 2.45 bits per heavy atom. The second kappa shape index (κ2) is 5.61. The Labute approximate surface area is 117 Å². The maximum Gasteiger partial charge on any atom is 0.356 e. The van der Waals surface area contributed by atoms with Gasteiger partial charge in [-0.05, 0) is 37.1 Å². The maximum atomic E-state index is 11.5. The van der Waals surface area contributed by atoms with Gasteiger partial charge in [0.1, 0.15) is 0 Å². The third kappa shape index (κ3) is 2.71. The molecule has 0 unspecified atom stereocenters. The molecule has 20 heavy (non-hydrogen) atoms. The van der Waals surface area contributed by atoms with Crippen LogP contribution in [0.25, 0.3) is 0 Å². The van der Waals surface area contributed by atoms with E-state index in [1.807, 2.05) is 32.0 Å². The predicted molar refractivity (Wildman–Crippen MR) is 79.2 cm³/mol. The normalized spacial score (nSPS) is 10.2. The van der Waals surface area contributed by atoms with Crippen LogP contribution >= 0.6 is 0 Å². The van der Waals surface area contributed by atoms with Crippen molar-refractivity contribution < 1.29 is 9.53 Å². The minimum absolute atomic E-state index is 0.218. The summed E-state index contributed by atoms with van der Waals surface area (Å²) in [6.07, 6.45) is 0. The lowest BCUT2D eigenvalue weighted by Crippen LogP contribution is -2.08. The number of hydrogen-bond acceptors (Lipinski definition) is 5. The van der Waals surface area contributed by atoms with E-state index >= 15 is 0 Å². The summed E-state index contributed by atoms with van der Waals surface area (Å²) in [5.74, 6) is -0.0418. The van der Waals surface area contributed by atoms with Crippen LogP contribution in [0.15, 0.2) is 30.3 Å². The summed E-state index contributed by atoms with van der Waals surface area (Å²) in [5, 5.41) is 3.18. The quantitative estimate of drug-likeness (QED) is 0.839. The van der Waals surface area contributed by atoms with Crippen LogP contribution in [0.1, 0.15) is 21.6 Å². The van der Waals surface area contributed by atoms with Crippen LogP contribution < -0.4 is 11.1 Å². The molecule has 0 fully saturated rings. The zero-order chi connectivity index (χ0) is 14.7. The molecule has 0 saturated heterocycles. The first kappa shape index (κ1) is 13.9. The number of ether oxygens (including phenoxy) is 1. The monoisotopic (exact) mass is 271 g/mol. The standard InChI is InChI=1S/C15H17N3O2/c1-9-5-4-6-10(2)13(9)18-14-11(16)7-8-12(17-14)15(19)20-3/h4-8H,16H2,1-3H3,(H,17,18). The lowest BCUT2D eigenvalue weighted by atomic mass is 10.1. The third-order valence-electron chi connectivity index (χ3n) is 3.05. The average Bonchev–Trinajstić information content (AvgIpc) is 2.44. The van der Waals surface area contributed by atoms with E-state index in [9.17, 15) is 4.79 Å². The van der Waals surface area contributed by atoms with Crippen molar-refractivity contribution in [3.05, 3.63) is 47.2 Å². The first-order valence-corrected chi connectivity index (χ1v) is 6.21. The number of nitrogens with zero attached hydrogens (tertiary/aromatic N) is 1. The molecular formula is C15H17N3O2. The van der Waals surface area contributed by atoms with Gasteiger partial charge in [0.25, 0.3) is 0 Å². The van der Waals surface area contributed by atoms with Gasteiger partial charge in [0.2, 0.25) is 0 Å². The molecule has 1 aromatic heterocycles. The molecule has 1 aromatic carbocycles. The molecule has 0 atom stereocenters. The minimum Gasteiger partial charge on any atom is -0.464 e. The van der Waals surface area contributed by atoms with Crippen molar-refractivity contribution in [1.29, 1.82) is 0 Å². The van der Waals surface area contributed by atoms with Crippen LogP contribution in [-0.4, -0.2) is 18.1 Å². The number of nitrogen functional groups attached to an aromatic ring is 1. The minimum atomic E-state index is -0.491. The molecule has 0 aliphatic rings. The molecule has 2 rings (SSSR count). The largest absolute Gasteiger partial charge is 0.464 e. The van der Waals surface area contributed by atoms with Gasteiger partial charge in [-0.2, -0.15) is 0 Å². The predicted octanol–water partition coefficient (Wildman–Crippen LogP) is 2.81. The van der Waals surface area contributed by atoms with Crippen LogP contribution in [0.5, 0.6) is 0 Å². The molecule has 5 nitrogen and oxygen atoms in total. The van der Waals surface area contributed by atoms with Gasteiger partial charge in [0.05, 0.1) is 12.8 Å². The molecule has 0 bridgehead atoms. The van der Waals surface area contributed by atoms with Crippen molar-refractivity contribution in [2.45, 2.75) is 13.8 Å². The SMILES string of the molecule is COC(=O)c1ccc(N)c(Nc2c(C)cccc2C)n1. The van der Waals surface area contributed by atoms with Crippen LogP contribution in [0.4, 0.5) is 17.2 Å². The van der Waals surface area contributed by atoms with Gasteiger partial charge in [-0.1, -0.05) is 18.2 Å². The highest BCUT2D eigenvalue weighted by atomic mass is 16.5. The molecule has 104 valence electrons. The van der Waals surface area contributed by atoms with E-state index in [1.165, 1.54) is 13.2 Å². The van der Waals surface area contributed by atoms with Gasteiger partial charge in [-0.25, -0.2) is 9.78 Å². The van der Waals surface area contributed by atoms with Gasteiger partial charge in [0, 0.05) is 5.69 Å². The van der Waals surface area contributed by atoms with Crippen molar-refractivity contribution in [3.8, 4) is 0 Å². The van der Waals surface area contributed by atoms with Crippen LogP contribution in [-0.2, 0) is 4.74 Å². The number of pyridine rings is 1. The molecule has 0 aliphatic heterocycles. The molecule has 5 heteroatoms. The summed E-state index contributed by atoms with van der Waals surface area (Å²) >= 11 is 0. The van der Waals surface area contributed by atoms with Gasteiger partial charge in [0.15, 0.2) is 11.5 Å². The lowest BCUT2D eigenvalue weighted by molar-refractivity contribution is 0.0594. The first-order valence-electron chi connectivity index (χ1n) is 6.21. The van der Waals surface area contributed by atoms with E-state index < -0.39 is 5.97 Å². The second-order valence-electron chi connectivity index (χ2n) is 4.52. The molecule has 0 spiro atoms. The van der Waals surface area contributed by atoms with Crippen molar-refractivity contribution in [3.63, 3.8) is 0 Å². The fourth-order valence-corrected chi connectivity index (χ4v) is 1.92. The fraction of sp³-hybridized carbons (Fsp3) is 0.200. The first-order chi connectivity index (χ1) is 9.52. The van der Waals surface area contributed by atoms with Crippen LogP contribution in [0.2, 0.25) is 0 Å². The average molecular weight is 271 g/mol. The Hall–Kier alpha value is -2.56. The second-order valence-corrected chi connectivity index (χ2v) is 4.52. The number of nitrogens with one attached hydrogen (secondary N) is 1. The zero-order valence-corrected chi connectivity index (χ0v) is 11.7. The summed E-state index contributed by atoms with van der Waals surface area (Å²) < 4.78 is 4.66. The highest BCUT2D eigenvalue weighted by molar-refractivity contribution is 5.89. The Morgan fingerprint density at radius 2 is 1.85 bits per heavy atom. The fourth-order valence-electron chi connectivity index (χ4n) is 1.92. The molecule has 3 N–H and O–H groups in total. The molecule has 2 aromatic rings. The smallest absolute Gasteiger partial charge is 0.356 e. The number of rotatable bonds is 3. The van der Waals surface area contributed by atoms with E-state index in [2.05, 4.69) is 15.0 Å². The highest BCUT2D eigenvalue weighted by Crippen LogP contribution is 2.26. The number of benzene rings is 1. The number of aryl methyl sites for hydroxylation is 2. The molecular weight excluding hydrogens is 254 g/mol. The van der Waals surface area contributed by atoms with Crippen molar-refractivity contribution >= 4 is 23.2 Å². The number of hydrogen-bond donors (Lipinski definition) is 2. The molecule has 0 radical (unpaired) electrons. The Morgan fingerprint density at radius 1 is 1.20 bits per heavy atom. The lowest BCUT2D eigenvalue weighted by Gasteiger charge is -2.14. The van der Waals surface area contributed by atoms with Gasteiger partial charge in [-0.15, -0.1) is 0 Å². The summed E-state index contributed by atoms with van der Waals surface area (Å²) in [6.45, 7) is 3.99.